The quantitative estimate of drug-likeness (QED) is 0.287. The fourth-order valence-electron chi connectivity index (χ4n) is 3.66. The number of rotatable bonds is 13. The predicted molar refractivity (Wildman–Crippen MR) is 112 cm³/mol. The second kappa shape index (κ2) is 13.8. The second-order valence-corrected chi connectivity index (χ2v) is 8.90. The van der Waals surface area contributed by atoms with E-state index in [9.17, 15) is 13.0 Å². The molecule has 0 unspecified atom stereocenters. The minimum atomic E-state index is -4.44. The van der Waals surface area contributed by atoms with Crippen LogP contribution in [-0.4, -0.2) is 13.0 Å². The number of aryl methyl sites for hydroxylation is 1. The average molecular weight is 413 g/mol. The summed E-state index contributed by atoms with van der Waals surface area (Å²) in [5.41, 5.74) is 1.11. The Morgan fingerprint density at radius 2 is 1.36 bits per heavy atom. The smallest absolute Gasteiger partial charge is 0.744 e. The Bertz CT molecular complexity index is 803. The second-order valence-electron chi connectivity index (χ2n) is 7.55. The molecule has 2 rings (SSSR count). The molecular formula is C23H33NaO3S. The first-order chi connectivity index (χ1) is 13.0. The monoisotopic (exact) mass is 412 g/mol. The van der Waals surface area contributed by atoms with E-state index in [0.717, 1.165) is 23.8 Å². The van der Waals surface area contributed by atoms with E-state index in [-0.39, 0.29) is 34.5 Å². The molecule has 3 nitrogen and oxygen atoms in total. The maximum absolute atomic E-state index is 11.5. The van der Waals surface area contributed by atoms with Gasteiger partial charge in [-0.15, -0.1) is 0 Å². The van der Waals surface area contributed by atoms with Crippen LogP contribution in [0.4, 0.5) is 0 Å². The van der Waals surface area contributed by atoms with Gasteiger partial charge in [0.05, 0.1) is 4.90 Å². The SMILES string of the molecule is CCCCCCCCCCCCCc1ccc2cccc(S(=O)(=O)[O-])c2c1.[Na+]. The molecule has 0 aliphatic carbocycles. The zero-order valence-corrected chi connectivity index (χ0v) is 20.4. The predicted octanol–water partition coefficient (Wildman–Crippen LogP) is 3.60. The Balaban J connectivity index is 0.00000392. The van der Waals surface area contributed by atoms with Gasteiger partial charge in [0.2, 0.25) is 0 Å². The Morgan fingerprint density at radius 3 is 1.93 bits per heavy atom. The largest absolute Gasteiger partial charge is 1.00 e. The van der Waals surface area contributed by atoms with Gasteiger partial charge in [0.25, 0.3) is 0 Å². The molecule has 0 N–H and O–H groups in total. The van der Waals surface area contributed by atoms with Crippen LogP contribution in [0.5, 0.6) is 0 Å². The standard InChI is InChI=1S/C23H34O3S.Na/c1-2-3-4-5-6-7-8-9-10-11-12-14-20-17-18-21-15-13-16-23(22(21)19-20)27(24,25)26;/h13,15-19H,2-12,14H2,1H3,(H,24,25,26);/q;+1/p-1. The molecule has 0 atom stereocenters. The van der Waals surface area contributed by atoms with E-state index >= 15 is 0 Å². The summed E-state index contributed by atoms with van der Waals surface area (Å²) in [7, 11) is -4.44. The molecule has 0 aromatic heterocycles. The van der Waals surface area contributed by atoms with Crippen molar-refractivity contribution in [2.75, 3.05) is 0 Å². The molecule has 0 bridgehead atoms. The summed E-state index contributed by atoms with van der Waals surface area (Å²) >= 11 is 0. The van der Waals surface area contributed by atoms with Crippen LogP contribution >= 0.6 is 0 Å². The summed E-state index contributed by atoms with van der Waals surface area (Å²) in [6, 6.07) is 10.7. The van der Waals surface area contributed by atoms with Gasteiger partial charge in [-0.05, 0) is 41.3 Å². The molecule has 0 radical (unpaired) electrons. The van der Waals surface area contributed by atoms with E-state index in [4.69, 9.17) is 0 Å². The molecule has 0 heterocycles. The van der Waals surface area contributed by atoms with Crippen LogP contribution in [0.1, 0.15) is 83.1 Å². The fourth-order valence-corrected chi connectivity index (χ4v) is 4.35. The number of hydrogen-bond acceptors (Lipinski definition) is 3. The summed E-state index contributed by atoms with van der Waals surface area (Å²) < 4.78 is 34.4. The summed E-state index contributed by atoms with van der Waals surface area (Å²) in [4.78, 5) is -0.110. The van der Waals surface area contributed by atoms with E-state index in [2.05, 4.69) is 6.92 Å². The third kappa shape index (κ3) is 8.96. The third-order valence-corrected chi connectivity index (χ3v) is 6.14. The topological polar surface area (TPSA) is 57.2 Å². The van der Waals surface area contributed by atoms with Crippen molar-refractivity contribution in [3.63, 3.8) is 0 Å². The third-order valence-electron chi connectivity index (χ3n) is 5.24. The molecule has 0 spiro atoms. The van der Waals surface area contributed by atoms with Gasteiger partial charge >= 0.3 is 29.6 Å². The summed E-state index contributed by atoms with van der Waals surface area (Å²) in [6.45, 7) is 2.25. The van der Waals surface area contributed by atoms with Gasteiger partial charge < -0.3 is 4.55 Å². The number of fused-ring (bicyclic) bond motifs is 1. The first-order valence-corrected chi connectivity index (χ1v) is 11.9. The van der Waals surface area contributed by atoms with Crippen molar-refractivity contribution in [2.45, 2.75) is 88.9 Å². The van der Waals surface area contributed by atoms with Crippen LogP contribution in [0.15, 0.2) is 41.3 Å². The Hall–Kier alpha value is -0.390. The number of benzene rings is 2. The maximum atomic E-state index is 11.5. The normalized spacial score (nSPS) is 11.5. The minimum absolute atomic E-state index is 0. The fraction of sp³-hybridized carbons (Fsp3) is 0.565. The van der Waals surface area contributed by atoms with Crippen molar-refractivity contribution < 1.29 is 42.5 Å². The molecule has 2 aromatic carbocycles. The van der Waals surface area contributed by atoms with Crippen LogP contribution in [-0.2, 0) is 16.5 Å². The number of unbranched alkanes of at least 4 members (excludes halogenated alkanes) is 10. The van der Waals surface area contributed by atoms with Crippen LogP contribution < -0.4 is 29.6 Å². The first-order valence-electron chi connectivity index (χ1n) is 10.5. The molecule has 0 aliphatic heterocycles. The van der Waals surface area contributed by atoms with Gasteiger partial charge in [0.15, 0.2) is 0 Å². The van der Waals surface area contributed by atoms with E-state index in [1.54, 1.807) is 6.07 Å². The van der Waals surface area contributed by atoms with Crippen molar-refractivity contribution in [1.29, 1.82) is 0 Å². The van der Waals surface area contributed by atoms with Gasteiger partial charge in [0.1, 0.15) is 10.1 Å². The van der Waals surface area contributed by atoms with Crippen molar-refractivity contribution in [2.24, 2.45) is 0 Å². The molecule has 2 aromatic rings. The van der Waals surface area contributed by atoms with E-state index < -0.39 is 10.1 Å². The van der Waals surface area contributed by atoms with Gasteiger partial charge in [-0.25, -0.2) is 8.42 Å². The van der Waals surface area contributed by atoms with Gasteiger partial charge in [-0.3, -0.25) is 0 Å². The van der Waals surface area contributed by atoms with Crippen LogP contribution in [0.25, 0.3) is 10.8 Å². The Morgan fingerprint density at radius 1 is 0.786 bits per heavy atom. The molecule has 5 heteroatoms. The molecule has 28 heavy (non-hydrogen) atoms. The molecule has 0 saturated carbocycles. The summed E-state index contributed by atoms with van der Waals surface area (Å²) in [6.07, 6.45) is 15.4. The van der Waals surface area contributed by atoms with E-state index in [1.165, 1.54) is 70.3 Å². The number of hydrogen-bond donors (Lipinski definition) is 0. The van der Waals surface area contributed by atoms with E-state index in [1.807, 2.05) is 24.3 Å². The molecule has 0 saturated heterocycles. The van der Waals surface area contributed by atoms with Crippen molar-refractivity contribution in [3.05, 3.63) is 42.0 Å². The van der Waals surface area contributed by atoms with Crippen molar-refractivity contribution in [3.8, 4) is 0 Å². The maximum Gasteiger partial charge on any atom is 1.00 e. The molecule has 150 valence electrons. The van der Waals surface area contributed by atoms with Crippen molar-refractivity contribution in [1.82, 2.24) is 0 Å². The zero-order chi connectivity index (χ0) is 19.5. The average Bonchev–Trinajstić information content (AvgIpc) is 2.64. The Kier molecular flexibility index (Phi) is 12.6. The van der Waals surface area contributed by atoms with Crippen molar-refractivity contribution >= 4 is 20.9 Å². The van der Waals surface area contributed by atoms with Gasteiger partial charge in [-0.2, -0.15) is 0 Å². The van der Waals surface area contributed by atoms with Gasteiger partial charge in [0, 0.05) is 0 Å². The zero-order valence-electron chi connectivity index (χ0n) is 17.6. The van der Waals surface area contributed by atoms with Crippen LogP contribution in [0.3, 0.4) is 0 Å². The first kappa shape index (κ1) is 25.6. The molecule has 0 fully saturated rings. The van der Waals surface area contributed by atoms with E-state index in [0.29, 0.717) is 5.39 Å². The summed E-state index contributed by atoms with van der Waals surface area (Å²) in [5, 5.41) is 1.35. The van der Waals surface area contributed by atoms with Crippen LogP contribution in [0, 0.1) is 0 Å². The summed E-state index contributed by atoms with van der Waals surface area (Å²) in [5.74, 6) is 0. The Labute approximate surface area is 193 Å². The van der Waals surface area contributed by atoms with Crippen LogP contribution in [0.2, 0.25) is 0 Å². The molecule has 0 amide bonds. The van der Waals surface area contributed by atoms with Gasteiger partial charge in [-0.1, -0.05) is 95.4 Å². The minimum Gasteiger partial charge on any atom is -0.744 e. The molecule has 0 aliphatic rings. The molecular weight excluding hydrogens is 379 g/mol.